The van der Waals surface area contributed by atoms with E-state index in [1.165, 1.54) is 0 Å². The normalized spacial score (nSPS) is 23.7. The molecule has 5 rings (SSSR count). The molecule has 2 fully saturated rings. The van der Waals surface area contributed by atoms with Crippen LogP contribution in [0.3, 0.4) is 0 Å². The van der Waals surface area contributed by atoms with Crippen LogP contribution in [-0.2, 0) is 20.9 Å². The highest BCUT2D eigenvalue weighted by atomic mass is 16.3. The quantitative estimate of drug-likeness (QED) is 0.488. The van der Waals surface area contributed by atoms with E-state index < -0.39 is 6.04 Å². The number of aromatic nitrogens is 2. The smallest absolute Gasteiger partial charge is 0.290 e. The number of rotatable bonds is 4. The van der Waals surface area contributed by atoms with E-state index in [9.17, 15) is 9.59 Å². The molecule has 12 heteroatoms. The number of H-pyrrole nitrogens is 1. The van der Waals surface area contributed by atoms with Crippen LogP contribution < -0.4 is 5.56 Å². The molecule has 0 aliphatic carbocycles. The highest BCUT2D eigenvalue weighted by Crippen LogP contribution is 2.42. The Morgan fingerprint density at radius 3 is 2.53 bits per heavy atom. The Kier molecular flexibility index (Phi) is 9.81. The minimum atomic E-state index is -0.445. The fourth-order valence-electron chi connectivity index (χ4n) is 5.88. The molecule has 12 nitrogen and oxygen atoms in total. The number of pyridine rings is 1. The second-order valence-electron chi connectivity index (χ2n) is 9.93. The molecule has 1 amide bonds. The first kappa shape index (κ1) is 28.6. The number of likely N-dealkylation sites (N-methyl/N-ethyl adjacent to an activating group) is 1. The number of carbonyl (C=O) groups excluding carboxylic acids is 1. The number of piperidine rings is 1. The maximum absolute atomic E-state index is 13.8. The van der Waals surface area contributed by atoms with Crippen LogP contribution in [-0.4, -0.2) is 99.6 Å². The summed E-state index contributed by atoms with van der Waals surface area (Å²) < 4.78 is 1.80. The molecular weight excluding hydrogens is 492 g/mol. The van der Waals surface area contributed by atoms with Gasteiger partial charge in [0.1, 0.15) is 17.8 Å². The molecule has 0 saturated carbocycles. The van der Waals surface area contributed by atoms with Crippen molar-refractivity contribution < 1.29 is 24.6 Å². The minimum Gasteiger partial charge on any atom is -0.483 e. The Morgan fingerprint density at radius 2 is 1.92 bits per heavy atom. The first-order chi connectivity index (χ1) is 18.3. The summed E-state index contributed by atoms with van der Waals surface area (Å²) in [5, 5.41) is 22.9. The number of aromatic amines is 1. The summed E-state index contributed by atoms with van der Waals surface area (Å²) in [6, 6.07) is 9.37. The fourth-order valence-corrected chi connectivity index (χ4v) is 5.88. The summed E-state index contributed by atoms with van der Waals surface area (Å²) in [4.78, 5) is 53.0. The van der Waals surface area contributed by atoms with Crippen LogP contribution in [0, 0.1) is 17.2 Å². The second kappa shape index (κ2) is 13.0. The number of amides is 1. The van der Waals surface area contributed by atoms with E-state index in [-0.39, 0.29) is 36.2 Å². The van der Waals surface area contributed by atoms with Crippen LogP contribution in [0.4, 0.5) is 0 Å². The van der Waals surface area contributed by atoms with Gasteiger partial charge >= 0.3 is 0 Å². The third-order valence-electron chi connectivity index (χ3n) is 7.45. The lowest BCUT2D eigenvalue weighted by Gasteiger charge is -2.47. The van der Waals surface area contributed by atoms with Crippen molar-refractivity contribution in [2.24, 2.45) is 5.92 Å². The highest BCUT2D eigenvalue weighted by molar-refractivity contribution is 5.81. The summed E-state index contributed by atoms with van der Waals surface area (Å²) in [5.41, 5.74) is 2.54. The number of fused-ring (bicyclic) bond motifs is 4. The van der Waals surface area contributed by atoms with E-state index in [0.29, 0.717) is 11.7 Å². The summed E-state index contributed by atoms with van der Waals surface area (Å²) in [5.74, 6) is 0.415. The van der Waals surface area contributed by atoms with Crippen molar-refractivity contribution in [3.05, 3.63) is 57.8 Å². The Balaban J connectivity index is 0.000000611. The van der Waals surface area contributed by atoms with Gasteiger partial charge in [-0.25, -0.2) is 0 Å². The van der Waals surface area contributed by atoms with Gasteiger partial charge in [0, 0.05) is 68.6 Å². The van der Waals surface area contributed by atoms with Gasteiger partial charge in [-0.3, -0.25) is 28.6 Å². The van der Waals surface area contributed by atoms with E-state index in [2.05, 4.69) is 34.9 Å². The van der Waals surface area contributed by atoms with Crippen LogP contribution in [0.15, 0.2) is 35.3 Å². The van der Waals surface area contributed by atoms with Gasteiger partial charge in [0.25, 0.3) is 18.5 Å². The molecule has 0 radical (unpaired) electrons. The standard InChI is InChI=1S/C24H30N6O2.2CH2O2/c1-27(2)20-6-7-29(15-20)24(32)23-18-9-17(21-4-3-5-22(31)30(21)23)13-28(14-18)12-16-8-19(10-25)26-11-16;2*2-1-3/h3-5,8,11,17-18,20,23,26H,6-7,9,12-15H2,1-2H3;2*1H,(H,2,3)/t17-,18+,20+,23-;;/m1../s1. The van der Waals surface area contributed by atoms with Crippen molar-refractivity contribution in [1.82, 2.24) is 24.3 Å². The van der Waals surface area contributed by atoms with Crippen LogP contribution in [0.25, 0.3) is 0 Å². The van der Waals surface area contributed by atoms with Gasteiger partial charge in [0.05, 0.1) is 0 Å². The van der Waals surface area contributed by atoms with Gasteiger partial charge < -0.3 is 25.0 Å². The molecule has 38 heavy (non-hydrogen) atoms. The van der Waals surface area contributed by atoms with Crippen molar-refractivity contribution >= 4 is 18.9 Å². The van der Waals surface area contributed by atoms with Gasteiger partial charge in [-0.05, 0) is 44.6 Å². The predicted octanol–water partition coefficient (Wildman–Crippen LogP) is 0.773. The fraction of sp³-hybridized carbons (Fsp3) is 0.500. The maximum Gasteiger partial charge on any atom is 0.290 e. The predicted molar refractivity (Wildman–Crippen MR) is 137 cm³/mol. The van der Waals surface area contributed by atoms with Crippen molar-refractivity contribution in [2.75, 3.05) is 40.3 Å². The third-order valence-corrected chi connectivity index (χ3v) is 7.45. The van der Waals surface area contributed by atoms with Crippen molar-refractivity contribution in [3.63, 3.8) is 0 Å². The Morgan fingerprint density at radius 1 is 1.21 bits per heavy atom. The zero-order chi connectivity index (χ0) is 27.8. The van der Waals surface area contributed by atoms with Crippen molar-refractivity contribution in [3.8, 4) is 6.07 Å². The lowest BCUT2D eigenvalue weighted by molar-refractivity contribution is -0.137. The third kappa shape index (κ3) is 6.30. The van der Waals surface area contributed by atoms with Crippen molar-refractivity contribution in [2.45, 2.75) is 37.4 Å². The van der Waals surface area contributed by atoms with Gasteiger partial charge in [-0.2, -0.15) is 5.26 Å². The number of hydrogen-bond donors (Lipinski definition) is 3. The molecular formula is C26H34N6O6. The van der Waals surface area contributed by atoms with Crippen LogP contribution in [0.1, 0.15) is 41.8 Å². The molecule has 3 N–H and O–H groups in total. The number of nitriles is 1. The number of nitrogens with one attached hydrogen (secondary N) is 1. The molecule has 204 valence electrons. The Labute approximate surface area is 220 Å². The summed E-state index contributed by atoms with van der Waals surface area (Å²) in [7, 11) is 4.11. The average Bonchev–Trinajstić information content (AvgIpc) is 3.56. The Hall–Kier alpha value is -3.95. The first-order valence-electron chi connectivity index (χ1n) is 12.4. The summed E-state index contributed by atoms with van der Waals surface area (Å²) in [6.07, 6.45) is 3.78. The highest BCUT2D eigenvalue weighted by Gasteiger charge is 2.45. The van der Waals surface area contributed by atoms with Crippen LogP contribution in [0.2, 0.25) is 0 Å². The van der Waals surface area contributed by atoms with E-state index in [1.54, 1.807) is 10.6 Å². The zero-order valence-corrected chi connectivity index (χ0v) is 21.6. The van der Waals surface area contributed by atoms with Gasteiger partial charge in [0.2, 0.25) is 5.91 Å². The van der Waals surface area contributed by atoms with Gasteiger partial charge in [0.15, 0.2) is 0 Å². The molecule has 5 heterocycles. The van der Waals surface area contributed by atoms with Gasteiger partial charge in [-0.1, -0.05) is 6.07 Å². The van der Waals surface area contributed by atoms with Crippen molar-refractivity contribution in [1.29, 1.82) is 5.26 Å². The number of likely N-dealkylation sites (tertiary alicyclic amines) is 2. The average molecular weight is 527 g/mol. The lowest BCUT2D eigenvalue weighted by Crippen LogP contribution is -2.53. The number of hydrogen-bond acceptors (Lipinski definition) is 7. The zero-order valence-electron chi connectivity index (χ0n) is 21.6. The molecule has 2 bridgehead atoms. The van der Waals surface area contributed by atoms with Gasteiger partial charge in [-0.15, -0.1) is 0 Å². The molecule has 2 aromatic rings. The first-order valence-corrected chi connectivity index (χ1v) is 12.4. The molecule has 2 saturated heterocycles. The molecule has 2 aromatic heterocycles. The van der Waals surface area contributed by atoms with E-state index in [1.807, 2.05) is 29.3 Å². The second-order valence-corrected chi connectivity index (χ2v) is 9.93. The summed E-state index contributed by atoms with van der Waals surface area (Å²) in [6.45, 7) is 3.32. The number of carboxylic acid groups (broad SMARTS) is 2. The van der Waals surface area contributed by atoms with E-state index in [4.69, 9.17) is 25.1 Å². The molecule has 0 aromatic carbocycles. The number of nitrogens with zero attached hydrogens (tertiary/aromatic N) is 5. The summed E-state index contributed by atoms with van der Waals surface area (Å²) >= 11 is 0. The largest absolute Gasteiger partial charge is 0.483 e. The minimum absolute atomic E-state index is 0.0725. The SMILES string of the molecule is CN(C)[C@H]1CCN(C(=O)[C@H]2[C@H]3C[C@H](CN(Cc4c[nH]c(C#N)c4)C3)c3cccc(=O)n32)C1.O=CO.O=CO. The topological polar surface area (TPSA) is 163 Å². The molecule has 0 spiro atoms. The molecule has 4 atom stereocenters. The molecule has 3 aliphatic rings. The molecule has 0 unspecified atom stereocenters. The van der Waals surface area contributed by atoms with Crippen LogP contribution >= 0.6 is 0 Å². The van der Waals surface area contributed by atoms with E-state index >= 15 is 0 Å². The lowest BCUT2D eigenvalue weighted by atomic mass is 9.78. The molecule has 3 aliphatic heterocycles. The number of carbonyl (C=O) groups is 3. The Bertz CT molecular complexity index is 1210. The van der Waals surface area contributed by atoms with E-state index in [0.717, 1.165) is 56.8 Å². The van der Waals surface area contributed by atoms with Crippen LogP contribution in [0.5, 0.6) is 0 Å². The monoisotopic (exact) mass is 526 g/mol. The maximum atomic E-state index is 13.8.